The predicted molar refractivity (Wildman–Crippen MR) is 68.0 cm³/mol. The summed E-state index contributed by atoms with van der Waals surface area (Å²) in [6.45, 7) is 7.97. The Labute approximate surface area is 104 Å². The van der Waals surface area contributed by atoms with Crippen molar-refractivity contribution in [3.63, 3.8) is 0 Å². The van der Waals surface area contributed by atoms with Crippen molar-refractivity contribution >= 4 is 5.97 Å². The fraction of sp³-hybridized carbons (Fsp3) is 0.917. The summed E-state index contributed by atoms with van der Waals surface area (Å²) in [5, 5.41) is 8.92. The monoisotopic (exact) mass is 243 g/mol. The van der Waals surface area contributed by atoms with E-state index in [4.69, 9.17) is 10.8 Å². The van der Waals surface area contributed by atoms with Crippen LogP contribution >= 0.6 is 0 Å². The van der Waals surface area contributed by atoms with Crippen molar-refractivity contribution in [1.82, 2.24) is 9.80 Å². The van der Waals surface area contributed by atoms with Gasteiger partial charge in [-0.15, -0.1) is 0 Å². The van der Waals surface area contributed by atoms with Crippen molar-refractivity contribution < 1.29 is 9.90 Å². The third-order valence-electron chi connectivity index (χ3n) is 3.60. The van der Waals surface area contributed by atoms with Crippen molar-refractivity contribution in [2.45, 2.75) is 38.3 Å². The summed E-state index contributed by atoms with van der Waals surface area (Å²) >= 11 is 0. The molecule has 1 aliphatic rings. The molecular formula is C12H25N3O2. The van der Waals surface area contributed by atoms with Gasteiger partial charge < -0.3 is 15.7 Å². The molecule has 5 heteroatoms. The van der Waals surface area contributed by atoms with Gasteiger partial charge in [-0.3, -0.25) is 9.69 Å². The van der Waals surface area contributed by atoms with Crippen LogP contribution < -0.4 is 5.73 Å². The number of carboxylic acid groups (broad SMARTS) is 1. The molecule has 1 fully saturated rings. The van der Waals surface area contributed by atoms with E-state index in [0.717, 1.165) is 32.6 Å². The molecule has 0 saturated carbocycles. The summed E-state index contributed by atoms with van der Waals surface area (Å²) < 4.78 is 0. The molecule has 0 aromatic carbocycles. The average Bonchev–Trinajstić information content (AvgIpc) is 2.21. The minimum absolute atomic E-state index is 0.529. The van der Waals surface area contributed by atoms with E-state index < -0.39 is 11.5 Å². The highest BCUT2D eigenvalue weighted by atomic mass is 16.4. The number of nitrogens with two attached hydrogens (primary N) is 1. The van der Waals surface area contributed by atoms with Gasteiger partial charge in [0.05, 0.1) is 0 Å². The van der Waals surface area contributed by atoms with E-state index in [1.165, 1.54) is 0 Å². The lowest BCUT2D eigenvalue weighted by Gasteiger charge is -2.38. The van der Waals surface area contributed by atoms with Gasteiger partial charge in [0.1, 0.15) is 5.54 Å². The summed E-state index contributed by atoms with van der Waals surface area (Å²) in [6.07, 6.45) is 1.37. The molecule has 1 saturated heterocycles. The molecule has 1 rings (SSSR count). The summed E-state index contributed by atoms with van der Waals surface area (Å²) in [7, 11) is 2.13. The topological polar surface area (TPSA) is 69.8 Å². The molecule has 100 valence electrons. The number of nitrogens with zero attached hydrogens (tertiary/aromatic N) is 2. The van der Waals surface area contributed by atoms with Gasteiger partial charge in [0.25, 0.3) is 0 Å². The van der Waals surface area contributed by atoms with Gasteiger partial charge in [0, 0.05) is 25.7 Å². The van der Waals surface area contributed by atoms with Crippen molar-refractivity contribution in [2.75, 3.05) is 33.2 Å². The van der Waals surface area contributed by atoms with E-state index >= 15 is 0 Å². The molecule has 0 spiro atoms. The molecule has 0 bridgehead atoms. The fourth-order valence-electron chi connectivity index (χ4n) is 2.27. The van der Waals surface area contributed by atoms with E-state index in [-0.39, 0.29) is 0 Å². The summed E-state index contributed by atoms with van der Waals surface area (Å²) in [5.74, 6) is -0.913. The minimum atomic E-state index is -1.09. The summed E-state index contributed by atoms with van der Waals surface area (Å²) in [4.78, 5) is 15.6. The Morgan fingerprint density at radius 1 is 1.53 bits per heavy atom. The molecule has 2 unspecified atom stereocenters. The van der Waals surface area contributed by atoms with Gasteiger partial charge in [-0.05, 0) is 40.3 Å². The zero-order chi connectivity index (χ0) is 13.1. The first-order valence-corrected chi connectivity index (χ1v) is 6.28. The molecule has 17 heavy (non-hydrogen) atoms. The zero-order valence-electron chi connectivity index (χ0n) is 11.1. The van der Waals surface area contributed by atoms with Crippen LogP contribution in [0.1, 0.15) is 26.7 Å². The van der Waals surface area contributed by atoms with Crippen LogP contribution in [-0.2, 0) is 4.79 Å². The Morgan fingerprint density at radius 3 is 2.71 bits per heavy atom. The van der Waals surface area contributed by atoms with Crippen LogP contribution in [0, 0.1) is 0 Å². The predicted octanol–water partition coefficient (Wildman–Crippen LogP) is 0.205. The van der Waals surface area contributed by atoms with E-state index in [2.05, 4.69) is 23.8 Å². The minimum Gasteiger partial charge on any atom is -0.480 e. The summed E-state index contributed by atoms with van der Waals surface area (Å²) in [5.41, 5.74) is 4.62. The lowest BCUT2D eigenvalue weighted by Crippen LogP contribution is -2.51. The first-order chi connectivity index (χ1) is 7.83. The van der Waals surface area contributed by atoms with Crippen LogP contribution in [0.2, 0.25) is 0 Å². The molecule has 0 aromatic rings. The molecule has 5 nitrogen and oxygen atoms in total. The van der Waals surface area contributed by atoms with Gasteiger partial charge in [-0.2, -0.15) is 0 Å². The lowest BCUT2D eigenvalue weighted by molar-refractivity contribution is -0.143. The molecule has 0 aromatic heterocycles. The Hall–Kier alpha value is -0.650. The molecule has 3 N–H and O–H groups in total. The van der Waals surface area contributed by atoms with Gasteiger partial charge in [-0.25, -0.2) is 0 Å². The van der Waals surface area contributed by atoms with Gasteiger partial charge in [0.15, 0.2) is 0 Å². The number of carboxylic acids is 1. The maximum absolute atomic E-state index is 10.9. The second kappa shape index (κ2) is 5.80. The highest BCUT2D eigenvalue weighted by Crippen LogP contribution is 2.13. The van der Waals surface area contributed by atoms with Crippen LogP contribution in [0.25, 0.3) is 0 Å². The molecule has 0 amide bonds. The molecule has 0 radical (unpaired) electrons. The summed E-state index contributed by atoms with van der Waals surface area (Å²) in [6, 6.07) is 0.544. The quantitative estimate of drug-likeness (QED) is 0.722. The Balaban J connectivity index is 2.29. The van der Waals surface area contributed by atoms with E-state index in [1.54, 1.807) is 6.92 Å². The largest absolute Gasteiger partial charge is 0.480 e. The number of likely N-dealkylation sites (N-methyl/N-ethyl adjacent to an activating group) is 1. The standard InChI is InChI=1S/C12H25N3O2/c1-10-9-14(3)7-8-15(10)6-4-5-12(2,13)11(16)17/h10H,4-9,13H2,1-3H3,(H,16,17). The lowest BCUT2D eigenvalue weighted by atomic mass is 9.97. The number of aliphatic carboxylic acids is 1. The number of hydrogen-bond donors (Lipinski definition) is 2. The number of piperazine rings is 1. The number of carbonyl (C=O) groups is 1. The van der Waals surface area contributed by atoms with Crippen LogP contribution in [-0.4, -0.2) is 65.7 Å². The van der Waals surface area contributed by atoms with E-state index in [9.17, 15) is 4.79 Å². The van der Waals surface area contributed by atoms with Crippen molar-refractivity contribution in [3.05, 3.63) is 0 Å². The maximum atomic E-state index is 10.9. The molecule has 1 heterocycles. The average molecular weight is 243 g/mol. The second-order valence-corrected chi connectivity index (χ2v) is 5.47. The molecule has 0 aliphatic carbocycles. The Kier molecular flexibility index (Phi) is 4.91. The highest BCUT2D eigenvalue weighted by Gasteiger charge is 2.28. The van der Waals surface area contributed by atoms with E-state index in [1.807, 2.05) is 0 Å². The second-order valence-electron chi connectivity index (χ2n) is 5.47. The highest BCUT2D eigenvalue weighted by molar-refractivity contribution is 5.77. The normalized spacial score (nSPS) is 26.7. The van der Waals surface area contributed by atoms with Crippen LogP contribution in [0.5, 0.6) is 0 Å². The smallest absolute Gasteiger partial charge is 0.323 e. The fourth-order valence-corrected chi connectivity index (χ4v) is 2.27. The maximum Gasteiger partial charge on any atom is 0.323 e. The molecule has 1 aliphatic heterocycles. The molecular weight excluding hydrogens is 218 g/mol. The van der Waals surface area contributed by atoms with Crippen LogP contribution in [0.15, 0.2) is 0 Å². The third-order valence-corrected chi connectivity index (χ3v) is 3.60. The van der Waals surface area contributed by atoms with E-state index in [0.29, 0.717) is 12.5 Å². The van der Waals surface area contributed by atoms with Crippen LogP contribution in [0.4, 0.5) is 0 Å². The SMILES string of the molecule is CC1CN(C)CCN1CCCC(C)(N)C(=O)O. The third kappa shape index (κ3) is 4.26. The van der Waals surface area contributed by atoms with Gasteiger partial charge >= 0.3 is 5.97 Å². The first kappa shape index (κ1) is 14.4. The van der Waals surface area contributed by atoms with Crippen molar-refractivity contribution in [1.29, 1.82) is 0 Å². The van der Waals surface area contributed by atoms with Gasteiger partial charge in [0.2, 0.25) is 0 Å². The number of rotatable bonds is 5. The number of hydrogen-bond acceptors (Lipinski definition) is 4. The Morgan fingerprint density at radius 2 is 2.18 bits per heavy atom. The zero-order valence-corrected chi connectivity index (χ0v) is 11.1. The first-order valence-electron chi connectivity index (χ1n) is 6.28. The van der Waals surface area contributed by atoms with Gasteiger partial charge in [-0.1, -0.05) is 0 Å². The van der Waals surface area contributed by atoms with Crippen LogP contribution in [0.3, 0.4) is 0 Å². The molecule has 2 atom stereocenters. The van der Waals surface area contributed by atoms with Crippen molar-refractivity contribution in [3.8, 4) is 0 Å². The van der Waals surface area contributed by atoms with Crippen molar-refractivity contribution in [2.24, 2.45) is 5.73 Å². The Bertz CT molecular complexity index is 268.